The summed E-state index contributed by atoms with van der Waals surface area (Å²) in [6, 6.07) is 5.02. The fraction of sp³-hybridized carbons (Fsp3) is 0.562. The minimum Gasteiger partial charge on any atom is -0.352 e. The van der Waals surface area contributed by atoms with Crippen LogP contribution in [0, 0.1) is 18.2 Å². The zero-order valence-corrected chi connectivity index (χ0v) is 12.6. The summed E-state index contributed by atoms with van der Waals surface area (Å²) in [6.07, 6.45) is 2.18. The van der Waals surface area contributed by atoms with Gasteiger partial charge in [0.1, 0.15) is 5.82 Å². The SMILES string of the molecule is Cc1ccc(CNC(=O)CCC(C)(C)CCN)cc1F. The number of hydrogen-bond donors (Lipinski definition) is 2. The maximum Gasteiger partial charge on any atom is 0.220 e. The van der Waals surface area contributed by atoms with E-state index < -0.39 is 0 Å². The molecule has 20 heavy (non-hydrogen) atoms. The monoisotopic (exact) mass is 280 g/mol. The summed E-state index contributed by atoms with van der Waals surface area (Å²) < 4.78 is 13.4. The van der Waals surface area contributed by atoms with Gasteiger partial charge in [0.2, 0.25) is 5.91 Å². The Balaban J connectivity index is 2.38. The fourth-order valence-electron chi connectivity index (χ4n) is 2.00. The third-order valence-corrected chi connectivity index (χ3v) is 3.58. The van der Waals surface area contributed by atoms with Crippen LogP contribution in [0.3, 0.4) is 0 Å². The molecule has 0 aromatic heterocycles. The Hall–Kier alpha value is -1.42. The minimum atomic E-state index is -0.235. The van der Waals surface area contributed by atoms with Crippen LogP contribution in [0.25, 0.3) is 0 Å². The van der Waals surface area contributed by atoms with Gasteiger partial charge < -0.3 is 11.1 Å². The van der Waals surface area contributed by atoms with Crippen LogP contribution in [0.5, 0.6) is 0 Å². The van der Waals surface area contributed by atoms with Crippen LogP contribution in [0.4, 0.5) is 4.39 Å². The van der Waals surface area contributed by atoms with Crippen molar-refractivity contribution in [2.24, 2.45) is 11.1 Å². The first-order valence-corrected chi connectivity index (χ1v) is 7.06. The number of nitrogens with one attached hydrogen (secondary N) is 1. The number of rotatable bonds is 7. The van der Waals surface area contributed by atoms with Crippen LogP contribution in [-0.4, -0.2) is 12.5 Å². The van der Waals surface area contributed by atoms with E-state index in [9.17, 15) is 9.18 Å². The second kappa shape index (κ2) is 7.39. The highest BCUT2D eigenvalue weighted by molar-refractivity contribution is 5.75. The summed E-state index contributed by atoms with van der Waals surface area (Å²) in [7, 11) is 0. The molecule has 0 spiro atoms. The van der Waals surface area contributed by atoms with Crippen LogP contribution in [0.1, 0.15) is 44.2 Å². The van der Waals surface area contributed by atoms with E-state index in [0.717, 1.165) is 18.4 Å². The first-order valence-electron chi connectivity index (χ1n) is 7.06. The Kier molecular flexibility index (Phi) is 6.14. The van der Waals surface area contributed by atoms with Crippen LogP contribution in [0.2, 0.25) is 0 Å². The van der Waals surface area contributed by atoms with Crippen LogP contribution >= 0.6 is 0 Å². The number of aryl methyl sites for hydroxylation is 1. The molecule has 112 valence electrons. The maximum atomic E-state index is 13.4. The predicted molar refractivity (Wildman–Crippen MR) is 79.7 cm³/mol. The highest BCUT2D eigenvalue weighted by Gasteiger charge is 2.18. The zero-order chi connectivity index (χ0) is 15.2. The van der Waals surface area contributed by atoms with E-state index in [1.54, 1.807) is 13.0 Å². The van der Waals surface area contributed by atoms with Gasteiger partial charge in [-0.15, -0.1) is 0 Å². The molecule has 3 N–H and O–H groups in total. The topological polar surface area (TPSA) is 55.1 Å². The van der Waals surface area contributed by atoms with Crippen molar-refractivity contribution in [2.45, 2.75) is 46.6 Å². The van der Waals surface area contributed by atoms with Crippen molar-refractivity contribution in [2.75, 3.05) is 6.54 Å². The number of carbonyl (C=O) groups is 1. The molecule has 0 saturated heterocycles. The van der Waals surface area contributed by atoms with E-state index in [2.05, 4.69) is 19.2 Å². The molecule has 3 nitrogen and oxygen atoms in total. The third-order valence-electron chi connectivity index (χ3n) is 3.58. The normalized spacial score (nSPS) is 11.4. The van der Waals surface area contributed by atoms with E-state index >= 15 is 0 Å². The molecular weight excluding hydrogens is 255 g/mol. The lowest BCUT2D eigenvalue weighted by Crippen LogP contribution is -2.25. The molecule has 0 heterocycles. The van der Waals surface area contributed by atoms with Crippen molar-refractivity contribution in [3.63, 3.8) is 0 Å². The average Bonchev–Trinajstić information content (AvgIpc) is 2.38. The number of benzene rings is 1. The molecule has 0 unspecified atom stereocenters. The van der Waals surface area contributed by atoms with Crippen molar-refractivity contribution in [3.05, 3.63) is 35.1 Å². The summed E-state index contributed by atoms with van der Waals surface area (Å²) in [5.41, 5.74) is 7.03. The van der Waals surface area contributed by atoms with Gasteiger partial charge in [0, 0.05) is 13.0 Å². The quantitative estimate of drug-likeness (QED) is 0.807. The standard InChI is InChI=1S/C16H25FN2O/c1-12-4-5-13(10-14(12)17)11-19-15(20)6-7-16(2,3)8-9-18/h4-5,10H,6-9,11,18H2,1-3H3,(H,19,20). The Morgan fingerprint density at radius 3 is 2.65 bits per heavy atom. The number of amides is 1. The first-order chi connectivity index (χ1) is 9.34. The smallest absolute Gasteiger partial charge is 0.220 e. The molecule has 0 atom stereocenters. The molecule has 0 aliphatic rings. The van der Waals surface area contributed by atoms with Gasteiger partial charge in [-0.2, -0.15) is 0 Å². The second-order valence-electron chi connectivity index (χ2n) is 6.06. The number of hydrogen-bond acceptors (Lipinski definition) is 2. The van der Waals surface area contributed by atoms with Crippen LogP contribution in [-0.2, 0) is 11.3 Å². The molecule has 1 amide bonds. The summed E-state index contributed by atoms with van der Waals surface area (Å²) in [5, 5.41) is 2.82. The Morgan fingerprint density at radius 2 is 2.05 bits per heavy atom. The van der Waals surface area contributed by atoms with E-state index in [0.29, 0.717) is 25.1 Å². The summed E-state index contributed by atoms with van der Waals surface area (Å²) >= 11 is 0. The Labute approximate surface area is 120 Å². The van der Waals surface area contributed by atoms with Crippen molar-refractivity contribution >= 4 is 5.91 Å². The molecule has 1 aromatic carbocycles. The lowest BCUT2D eigenvalue weighted by molar-refractivity contribution is -0.121. The van der Waals surface area contributed by atoms with Gasteiger partial charge >= 0.3 is 0 Å². The lowest BCUT2D eigenvalue weighted by Gasteiger charge is -2.23. The van der Waals surface area contributed by atoms with E-state index in [4.69, 9.17) is 5.73 Å². The molecule has 4 heteroatoms. The highest BCUT2D eigenvalue weighted by Crippen LogP contribution is 2.25. The third kappa shape index (κ3) is 5.70. The fourth-order valence-corrected chi connectivity index (χ4v) is 2.00. The molecule has 0 bridgehead atoms. The summed E-state index contributed by atoms with van der Waals surface area (Å²) in [5.74, 6) is -0.239. The van der Waals surface area contributed by atoms with Gasteiger partial charge in [-0.05, 0) is 48.9 Å². The van der Waals surface area contributed by atoms with Gasteiger partial charge in [-0.25, -0.2) is 4.39 Å². The van der Waals surface area contributed by atoms with E-state index in [-0.39, 0.29) is 17.1 Å². The summed E-state index contributed by atoms with van der Waals surface area (Å²) in [6.45, 7) is 6.95. The molecule has 0 aliphatic heterocycles. The predicted octanol–water partition coefficient (Wildman–Crippen LogP) is 2.91. The molecule has 0 fully saturated rings. The molecule has 0 radical (unpaired) electrons. The van der Waals surface area contributed by atoms with Crippen molar-refractivity contribution in [3.8, 4) is 0 Å². The van der Waals surface area contributed by atoms with Gasteiger partial charge in [0.15, 0.2) is 0 Å². The zero-order valence-electron chi connectivity index (χ0n) is 12.6. The van der Waals surface area contributed by atoms with Gasteiger partial charge in [0.25, 0.3) is 0 Å². The molecular formula is C16H25FN2O. The van der Waals surface area contributed by atoms with Crippen LogP contribution in [0.15, 0.2) is 18.2 Å². The average molecular weight is 280 g/mol. The van der Waals surface area contributed by atoms with E-state index in [1.807, 2.05) is 6.07 Å². The molecule has 0 aliphatic carbocycles. The largest absolute Gasteiger partial charge is 0.352 e. The molecule has 0 saturated carbocycles. The highest BCUT2D eigenvalue weighted by atomic mass is 19.1. The number of nitrogens with two attached hydrogens (primary N) is 1. The molecule has 1 rings (SSSR count). The van der Waals surface area contributed by atoms with Crippen molar-refractivity contribution in [1.29, 1.82) is 0 Å². The van der Waals surface area contributed by atoms with Crippen molar-refractivity contribution < 1.29 is 9.18 Å². The summed E-state index contributed by atoms with van der Waals surface area (Å²) in [4.78, 5) is 11.8. The number of halogens is 1. The number of carbonyl (C=O) groups excluding carboxylic acids is 1. The van der Waals surface area contributed by atoms with Gasteiger partial charge in [-0.3, -0.25) is 4.79 Å². The first kappa shape index (κ1) is 16.6. The lowest BCUT2D eigenvalue weighted by atomic mass is 9.84. The van der Waals surface area contributed by atoms with Crippen LogP contribution < -0.4 is 11.1 Å². The van der Waals surface area contributed by atoms with Gasteiger partial charge in [-0.1, -0.05) is 26.0 Å². The minimum absolute atomic E-state index is 0.00363. The Morgan fingerprint density at radius 1 is 1.35 bits per heavy atom. The van der Waals surface area contributed by atoms with Crippen molar-refractivity contribution in [1.82, 2.24) is 5.32 Å². The second-order valence-corrected chi connectivity index (χ2v) is 6.06. The maximum absolute atomic E-state index is 13.4. The Bertz CT molecular complexity index is 458. The molecule has 1 aromatic rings. The van der Waals surface area contributed by atoms with Gasteiger partial charge in [0.05, 0.1) is 0 Å². The van der Waals surface area contributed by atoms with E-state index in [1.165, 1.54) is 6.07 Å².